The SMILES string of the molecule is CN(C)CCn1ncc(Cl)c1C(C)(O)c1cncc(F)c1. The van der Waals surface area contributed by atoms with Gasteiger partial charge in [0.2, 0.25) is 0 Å². The molecule has 2 heterocycles. The second-order valence-electron chi connectivity index (χ2n) is 5.33. The molecule has 1 atom stereocenters. The van der Waals surface area contributed by atoms with Crippen LogP contribution in [-0.2, 0) is 12.1 Å². The molecule has 0 saturated carbocycles. The smallest absolute Gasteiger partial charge is 0.141 e. The molecule has 2 aromatic heterocycles. The highest BCUT2D eigenvalue weighted by Crippen LogP contribution is 2.33. The quantitative estimate of drug-likeness (QED) is 0.916. The molecule has 0 aliphatic rings. The largest absolute Gasteiger partial charge is 0.379 e. The van der Waals surface area contributed by atoms with Crippen LogP contribution in [0.25, 0.3) is 0 Å². The van der Waals surface area contributed by atoms with E-state index in [0.717, 1.165) is 12.7 Å². The Balaban J connectivity index is 2.42. The van der Waals surface area contributed by atoms with Gasteiger partial charge in [0.15, 0.2) is 0 Å². The Bertz CT molecular complexity index is 627. The molecular formula is C14H18ClFN4O. The van der Waals surface area contributed by atoms with Crippen molar-refractivity contribution in [3.8, 4) is 0 Å². The number of aliphatic hydroxyl groups is 1. The van der Waals surface area contributed by atoms with Crippen LogP contribution in [0.5, 0.6) is 0 Å². The molecule has 0 aromatic carbocycles. The zero-order valence-corrected chi connectivity index (χ0v) is 13.0. The topological polar surface area (TPSA) is 54.2 Å². The zero-order valence-electron chi connectivity index (χ0n) is 12.2. The fourth-order valence-electron chi connectivity index (χ4n) is 2.13. The third-order valence-corrected chi connectivity index (χ3v) is 3.56. The van der Waals surface area contributed by atoms with Crippen molar-refractivity contribution >= 4 is 11.6 Å². The van der Waals surface area contributed by atoms with Gasteiger partial charge in [0.1, 0.15) is 11.4 Å². The van der Waals surface area contributed by atoms with Crippen LogP contribution in [0, 0.1) is 5.82 Å². The number of hydrogen-bond acceptors (Lipinski definition) is 4. The molecule has 5 nitrogen and oxygen atoms in total. The average molecular weight is 313 g/mol. The zero-order chi connectivity index (χ0) is 15.6. The van der Waals surface area contributed by atoms with E-state index in [1.165, 1.54) is 18.5 Å². The first-order chi connectivity index (χ1) is 9.82. The lowest BCUT2D eigenvalue weighted by atomic mass is 9.93. The normalized spacial score (nSPS) is 14.4. The van der Waals surface area contributed by atoms with Crippen molar-refractivity contribution in [1.29, 1.82) is 0 Å². The first kappa shape index (κ1) is 15.9. The van der Waals surface area contributed by atoms with Crippen LogP contribution in [0.15, 0.2) is 24.7 Å². The molecule has 0 aliphatic carbocycles. The second kappa shape index (κ2) is 6.09. The maximum absolute atomic E-state index is 13.4. The minimum absolute atomic E-state index is 0.330. The Morgan fingerprint density at radius 2 is 2.10 bits per heavy atom. The van der Waals surface area contributed by atoms with E-state index in [1.807, 2.05) is 19.0 Å². The molecule has 1 N–H and O–H groups in total. The Morgan fingerprint density at radius 1 is 1.38 bits per heavy atom. The number of hydrogen-bond donors (Lipinski definition) is 1. The Morgan fingerprint density at radius 3 is 2.71 bits per heavy atom. The van der Waals surface area contributed by atoms with Crippen LogP contribution in [0.2, 0.25) is 5.02 Å². The molecule has 0 spiro atoms. The Labute approximate surface area is 128 Å². The van der Waals surface area contributed by atoms with Crippen LogP contribution >= 0.6 is 11.6 Å². The molecule has 0 fully saturated rings. The van der Waals surface area contributed by atoms with E-state index in [1.54, 1.807) is 11.6 Å². The van der Waals surface area contributed by atoms with Gasteiger partial charge in [-0.1, -0.05) is 11.6 Å². The van der Waals surface area contributed by atoms with E-state index in [2.05, 4.69) is 10.1 Å². The third-order valence-electron chi connectivity index (χ3n) is 3.28. The van der Waals surface area contributed by atoms with E-state index >= 15 is 0 Å². The summed E-state index contributed by atoms with van der Waals surface area (Å²) < 4.78 is 15.0. The lowest BCUT2D eigenvalue weighted by Crippen LogP contribution is -2.29. The van der Waals surface area contributed by atoms with Gasteiger partial charge >= 0.3 is 0 Å². The predicted octanol–water partition coefficient (Wildman–Crippen LogP) is 1.89. The molecule has 21 heavy (non-hydrogen) atoms. The van der Waals surface area contributed by atoms with Crippen molar-refractivity contribution in [3.63, 3.8) is 0 Å². The van der Waals surface area contributed by atoms with Gasteiger partial charge in [-0.05, 0) is 27.1 Å². The van der Waals surface area contributed by atoms with Crippen LogP contribution in [0.4, 0.5) is 4.39 Å². The number of halogens is 2. The molecule has 2 aromatic rings. The van der Waals surface area contributed by atoms with E-state index in [9.17, 15) is 9.50 Å². The lowest BCUT2D eigenvalue weighted by molar-refractivity contribution is 0.0902. The molecule has 1 unspecified atom stereocenters. The summed E-state index contributed by atoms with van der Waals surface area (Å²) in [4.78, 5) is 5.78. The number of rotatable bonds is 5. The number of nitrogens with zero attached hydrogens (tertiary/aromatic N) is 4. The Hall–Kier alpha value is -1.50. The minimum Gasteiger partial charge on any atom is -0.379 e. The number of pyridine rings is 1. The first-order valence-electron chi connectivity index (χ1n) is 6.52. The second-order valence-corrected chi connectivity index (χ2v) is 5.74. The summed E-state index contributed by atoms with van der Waals surface area (Å²) in [6.45, 7) is 2.86. The maximum Gasteiger partial charge on any atom is 0.141 e. The monoisotopic (exact) mass is 312 g/mol. The van der Waals surface area contributed by atoms with Crippen molar-refractivity contribution in [2.75, 3.05) is 20.6 Å². The summed E-state index contributed by atoms with van der Waals surface area (Å²) in [7, 11) is 3.89. The van der Waals surface area contributed by atoms with Gasteiger partial charge in [-0.25, -0.2) is 4.39 Å². The van der Waals surface area contributed by atoms with Gasteiger partial charge in [0.05, 0.1) is 29.7 Å². The first-order valence-corrected chi connectivity index (χ1v) is 6.90. The van der Waals surface area contributed by atoms with Crippen molar-refractivity contribution in [2.45, 2.75) is 19.1 Å². The molecule has 0 aliphatic heterocycles. The van der Waals surface area contributed by atoms with E-state index in [4.69, 9.17) is 11.6 Å². The van der Waals surface area contributed by atoms with Gasteiger partial charge in [-0.15, -0.1) is 0 Å². The van der Waals surface area contributed by atoms with E-state index < -0.39 is 11.4 Å². The number of aromatic nitrogens is 3. The van der Waals surface area contributed by atoms with Crippen LogP contribution in [0.1, 0.15) is 18.2 Å². The highest BCUT2D eigenvalue weighted by molar-refractivity contribution is 6.31. The third kappa shape index (κ3) is 3.40. The molecule has 0 bridgehead atoms. The average Bonchev–Trinajstić information content (AvgIpc) is 2.78. The van der Waals surface area contributed by atoms with Crippen molar-refractivity contribution in [2.24, 2.45) is 0 Å². The molecule has 114 valence electrons. The fraction of sp³-hybridized carbons (Fsp3) is 0.429. The lowest BCUT2D eigenvalue weighted by Gasteiger charge is -2.25. The van der Waals surface area contributed by atoms with Crippen LogP contribution in [-0.4, -0.2) is 45.4 Å². The molecule has 0 radical (unpaired) electrons. The summed E-state index contributed by atoms with van der Waals surface area (Å²) in [5.41, 5.74) is -0.718. The molecular weight excluding hydrogens is 295 g/mol. The van der Waals surface area contributed by atoms with Gasteiger partial charge < -0.3 is 10.0 Å². The summed E-state index contributed by atoms with van der Waals surface area (Å²) >= 11 is 6.16. The molecule has 0 saturated heterocycles. The fourth-order valence-corrected chi connectivity index (χ4v) is 2.45. The van der Waals surface area contributed by atoms with Gasteiger partial charge in [0.25, 0.3) is 0 Å². The summed E-state index contributed by atoms with van der Waals surface area (Å²) in [6, 6.07) is 1.24. The van der Waals surface area contributed by atoms with E-state index in [-0.39, 0.29) is 0 Å². The molecule has 0 amide bonds. The summed E-state index contributed by atoms with van der Waals surface area (Å²) in [6.07, 6.45) is 3.99. The van der Waals surface area contributed by atoms with Gasteiger partial charge in [0, 0.05) is 18.3 Å². The van der Waals surface area contributed by atoms with Crippen LogP contribution in [0.3, 0.4) is 0 Å². The highest BCUT2D eigenvalue weighted by atomic mass is 35.5. The van der Waals surface area contributed by atoms with Gasteiger partial charge in [-0.3, -0.25) is 9.67 Å². The number of likely N-dealkylation sites (N-methyl/N-ethyl adjacent to an activating group) is 1. The standard InChI is InChI=1S/C14H18ClFN4O/c1-14(21,10-6-11(16)8-17-7-10)13-12(15)9-18-20(13)5-4-19(2)3/h6-9,21H,4-5H2,1-3H3. The van der Waals surface area contributed by atoms with Crippen molar-refractivity contribution in [1.82, 2.24) is 19.7 Å². The summed E-state index contributed by atoms with van der Waals surface area (Å²) in [5.74, 6) is -0.511. The van der Waals surface area contributed by atoms with E-state index in [0.29, 0.717) is 22.8 Å². The van der Waals surface area contributed by atoms with Crippen molar-refractivity contribution in [3.05, 3.63) is 46.8 Å². The Kier molecular flexibility index (Phi) is 4.61. The van der Waals surface area contributed by atoms with Gasteiger partial charge in [-0.2, -0.15) is 5.10 Å². The molecule has 7 heteroatoms. The highest BCUT2D eigenvalue weighted by Gasteiger charge is 2.33. The molecule has 2 rings (SSSR count). The minimum atomic E-state index is -1.48. The predicted molar refractivity (Wildman–Crippen MR) is 78.7 cm³/mol. The summed E-state index contributed by atoms with van der Waals surface area (Å²) in [5, 5.41) is 15.4. The van der Waals surface area contributed by atoms with Crippen molar-refractivity contribution < 1.29 is 9.50 Å². The van der Waals surface area contributed by atoms with Crippen LogP contribution < -0.4 is 0 Å². The maximum atomic E-state index is 13.4.